The standard InChI is InChI=1S/C19H17Cl/c1-13(2)17-7-3-5-15-6-4-8-18(19(15)17)14-9-11-16(20)12-10-14/h3-13H,1-2H3. The van der Waals surface area contributed by atoms with Crippen molar-refractivity contribution in [1.29, 1.82) is 0 Å². The van der Waals surface area contributed by atoms with Gasteiger partial charge in [-0.25, -0.2) is 0 Å². The summed E-state index contributed by atoms with van der Waals surface area (Å²) in [6.07, 6.45) is 0. The van der Waals surface area contributed by atoms with Crippen LogP contribution in [-0.4, -0.2) is 0 Å². The molecule has 3 aromatic carbocycles. The van der Waals surface area contributed by atoms with Crippen LogP contribution in [0.2, 0.25) is 5.02 Å². The van der Waals surface area contributed by atoms with E-state index < -0.39 is 0 Å². The summed E-state index contributed by atoms with van der Waals surface area (Å²) in [5.41, 5.74) is 3.89. The maximum atomic E-state index is 6.00. The third kappa shape index (κ3) is 2.32. The van der Waals surface area contributed by atoms with Gasteiger partial charge in [0.1, 0.15) is 0 Å². The molecule has 3 rings (SSSR count). The van der Waals surface area contributed by atoms with Crippen LogP contribution < -0.4 is 0 Å². The first-order chi connectivity index (χ1) is 9.66. The SMILES string of the molecule is CC(C)c1cccc2cccc(-c3ccc(Cl)cc3)c12. The monoisotopic (exact) mass is 280 g/mol. The molecule has 0 atom stereocenters. The Bertz CT molecular complexity index is 734. The first-order valence-electron chi connectivity index (χ1n) is 6.94. The minimum atomic E-state index is 0.507. The molecule has 0 radical (unpaired) electrons. The molecule has 0 bridgehead atoms. The first kappa shape index (κ1) is 13.2. The zero-order valence-electron chi connectivity index (χ0n) is 11.7. The Balaban J connectivity index is 2.32. The Hall–Kier alpha value is -1.79. The van der Waals surface area contributed by atoms with Crippen molar-refractivity contribution >= 4 is 22.4 Å². The van der Waals surface area contributed by atoms with E-state index in [1.165, 1.54) is 27.5 Å². The maximum Gasteiger partial charge on any atom is 0.0406 e. The van der Waals surface area contributed by atoms with Gasteiger partial charge in [-0.15, -0.1) is 0 Å². The van der Waals surface area contributed by atoms with E-state index in [1.54, 1.807) is 0 Å². The predicted molar refractivity (Wildman–Crippen MR) is 88.5 cm³/mol. The largest absolute Gasteiger partial charge is 0.0843 e. The van der Waals surface area contributed by atoms with Gasteiger partial charge in [0.2, 0.25) is 0 Å². The molecule has 0 aromatic heterocycles. The van der Waals surface area contributed by atoms with Crippen LogP contribution in [0.15, 0.2) is 60.7 Å². The van der Waals surface area contributed by atoms with Crippen molar-refractivity contribution in [3.63, 3.8) is 0 Å². The summed E-state index contributed by atoms with van der Waals surface area (Å²) in [6, 6.07) is 21.1. The molecule has 0 spiro atoms. The summed E-state index contributed by atoms with van der Waals surface area (Å²) in [7, 11) is 0. The van der Waals surface area contributed by atoms with Crippen molar-refractivity contribution in [3.05, 3.63) is 71.2 Å². The summed E-state index contributed by atoms with van der Waals surface area (Å²) in [5.74, 6) is 0.507. The van der Waals surface area contributed by atoms with Gasteiger partial charge >= 0.3 is 0 Å². The normalized spacial score (nSPS) is 11.2. The molecule has 0 saturated carbocycles. The highest BCUT2D eigenvalue weighted by Crippen LogP contribution is 2.34. The molecule has 0 aliphatic rings. The lowest BCUT2D eigenvalue weighted by atomic mass is 9.90. The number of fused-ring (bicyclic) bond motifs is 1. The van der Waals surface area contributed by atoms with Crippen LogP contribution in [0, 0.1) is 0 Å². The molecule has 3 aromatic rings. The third-order valence-electron chi connectivity index (χ3n) is 3.71. The molecule has 0 fully saturated rings. The molecule has 20 heavy (non-hydrogen) atoms. The van der Waals surface area contributed by atoms with Crippen molar-refractivity contribution in [2.45, 2.75) is 19.8 Å². The molecule has 0 heterocycles. The summed E-state index contributed by atoms with van der Waals surface area (Å²) in [6.45, 7) is 4.49. The van der Waals surface area contributed by atoms with Gasteiger partial charge in [-0.3, -0.25) is 0 Å². The number of halogens is 1. The molecule has 100 valence electrons. The van der Waals surface area contributed by atoms with Crippen molar-refractivity contribution in [2.75, 3.05) is 0 Å². The molecule has 0 aliphatic carbocycles. The molecule has 0 saturated heterocycles. The Morgan fingerprint density at radius 2 is 1.45 bits per heavy atom. The van der Waals surface area contributed by atoms with E-state index >= 15 is 0 Å². The Kier molecular flexibility index (Phi) is 3.50. The van der Waals surface area contributed by atoms with Crippen molar-refractivity contribution < 1.29 is 0 Å². The number of benzene rings is 3. The topological polar surface area (TPSA) is 0 Å². The first-order valence-corrected chi connectivity index (χ1v) is 7.32. The van der Waals surface area contributed by atoms with E-state index in [4.69, 9.17) is 11.6 Å². The third-order valence-corrected chi connectivity index (χ3v) is 3.97. The minimum Gasteiger partial charge on any atom is -0.0843 e. The highest BCUT2D eigenvalue weighted by molar-refractivity contribution is 6.30. The predicted octanol–water partition coefficient (Wildman–Crippen LogP) is 6.28. The fraction of sp³-hybridized carbons (Fsp3) is 0.158. The Morgan fingerprint density at radius 1 is 0.800 bits per heavy atom. The van der Waals surface area contributed by atoms with E-state index in [0.717, 1.165) is 5.02 Å². The summed E-state index contributed by atoms with van der Waals surface area (Å²) in [5, 5.41) is 3.43. The quantitative estimate of drug-likeness (QED) is 0.518. The van der Waals surface area contributed by atoms with Gasteiger partial charge in [-0.2, -0.15) is 0 Å². The van der Waals surface area contributed by atoms with E-state index in [0.29, 0.717) is 5.92 Å². The van der Waals surface area contributed by atoms with Crippen LogP contribution in [0.25, 0.3) is 21.9 Å². The molecule has 1 heteroatoms. The van der Waals surface area contributed by atoms with Crippen LogP contribution in [0.4, 0.5) is 0 Å². The molecular weight excluding hydrogens is 264 g/mol. The fourth-order valence-electron chi connectivity index (χ4n) is 2.72. The van der Waals surface area contributed by atoms with Gasteiger partial charge < -0.3 is 0 Å². The van der Waals surface area contributed by atoms with Crippen molar-refractivity contribution in [1.82, 2.24) is 0 Å². The van der Waals surface area contributed by atoms with Crippen LogP contribution in [0.5, 0.6) is 0 Å². The molecule has 0 N–H and O–H groups in total. The lowest BCUT2D eigenvalue weighted by Gasteiger charge is -2.14. The summed E-state index contributed by atoms with van der Waals surface area (Å²) >= 11 is 6.00. The molecular formula is C19H17Cl. The highest BCUT2D eigenvalue weighted by Gasteiger charge is 2.10. The maximum absolute atomic E-state index is 6.00. The second kappa shape index (κ2) is 5.30. The number of hydrogen-bond donors (Lipinski definition) is 0. The van der Waals surface area contributed by atoms with Gasteiger partial charge in [0.25, 0.3) is 0 Å². The summed E-state index contributed by atoms with van der Waals surface area (Å²) < 4.78 is 0. The Labute approximate surface area is 125 Å². The van der Waals surface area contributed by atoms with Crippen LogP contribution >= 0.6 is 11.6 Å². The van der Waals surface area contributed by atoms with Gasteiger partial charge in [-0.05, 0) is 45.5 Å². The molecule has 0 nitrogen and oxygen atoms in total. The zero-order chi connectivity index (χ0) is 14.1. The minimum absolute atomic E-state index is 0.507. The molecule has 0 amide bonds. The van der Waals surface area contributed by atoms with E-state index in [-0.39, 0.29) is 0 Å². The second-order valence-electron chi connectivity index (χ2n) is 5.41. The Morgan fingerprint density at radius 3 is 2.10 bits per heavy atom. The van der Waals surface area contributed by atoms with E-state index in [2.05, 4.69) is 62.4 Å². The summed E-state index contributed by atoms with van der Waals surface area (Å²) in [4.78, 5) is 0. The second-order valence-corrected chi connectivity index (χ2v) is 5.85. The van der Waals surface area contributed by atoms with E-state index in [1.807, 2.05) is 12.1 Å². The van der Waals surface area contributed by atoms with Crippen LogP contribution in [-0.2, 0) is 0 Å². The van der Waals surface area contributed by atoms with Crippen molar-refractivity contribution in [2.24, 2.45) is 0 Å². The molecule has 0 aliphatic heterocycles. The number of hydrogen-bond acceptors (Lipinski definition) is 0. The average Bonchev–Trinajstić information content (AvgIpc) is 2.47. The van der Waals surface area contributed by atoms with E-state index in [9.17, 15) is 0 Å². The average molecular weight is 281 g/mol. The van der Waals surface area contributed by atoms with Gasteiger partial charge in [-0.1, -0.05) is 74.0 Å². The lowest BCUT2D eigenvalue weighted by molar-refractivity contribution is 0.876. The van der Waals surface area contributed by atoms with Crippen LogP contribution in [0.1, 0.15) is 25.3 Å². The molecule has 0 unspecified atom stereocenters. The van der Waals surface area contributed by atoms with Gasteiger partial charge in [0, 0.05) is 5.02 Å². The van der Waals surface area contributed by atoms with Gasteiger partial charge in [0.15, 0.2) is 0 Å². The van der Waals surface area contributed by atoms with Crippen molar-refractivity contribution in [3.8, 4) is 11.1 Å². The zero-order valence-corrected chi connectivity index (χ0v) is 12.5. The fourth-order valence-corrected chi connectivity index (χ4v) is 2.85. The van der Waals surface area contributed by atoms with Crippen LogP contribution in [0.3, 0.4) is 0 Å². The smallest absolute Gasteiger partial charge is 0.0406 e. The number of rotatable bonds is 2. The van der Waals surface area contributed by atoms with Gasteiger partial charge in [0.05, 0.1) is 0 Å². The lowest BCUT2D eigenvalue weighted by Crippen LogP contribution is -1.91. The highest BCUT2D eigenvalue weighted by atomic mass is 35.5.